The third-order valence-electron chi connectivity index (χ3n) is 2.91. The Hall–Kier alpha value is -1.91. The molecule has 0 radical (unpaired) electrons. The summed E-state index contributed by atoms with van der Waals surface area (Å²) in [5, 5.41) is 18.6. The molecule has 0 bridgehead atoms. The SMILES string of the molecule is O=C1CC(C(=O)O)(c2cccc(F)c2O)C1. The number of hydrogen-bond donors (Lipinski definition) is 2. The molecule has 2 rings (SSSR count). The number of para-hydroxylation sites is 1. The molecule has 1 aromatic rings. The number of Topliss-reactive ketones (excluding diaryl/α,β-unsaturated/α-hetero) is 1. The quantitative estimate of drug-likeness (QED) is 0.791. The fourth-order valence-corrected chi connectivity index (χ4v) is 1.98. The first kappa shape index (κ1) is 10.6. The van der Waals surface area contributed by atoms with Crippen LogP contribution < -0.4 is 0 Å². The zero-order chi connectivity index (χ0) is 11.9. The molecule has 0 saturated heterocycles. The highest BCUT2D eigenvalue weighted by Crippen LogP contribution is 2.45. The van der Waals surface area contributed by atoms with Gasteiger partial charge in [-0.1, -0.05) is 12.1 Å². The molecule has 1 saturated carbocycles. The minimum atomic E-state index is -1.46. The summed E-state index contributed by atoms with van der Waals surface area (Å²) in [6, 6.07) is 3.69. The molecule has 0 aromatic heterocycles. The number of hydrogen-bond acceptors (Lipinski definition) is 3. The third kappa shape index (κ3) is 1.28. The van der Waals surface area contributed by atoms with Gasteiger partial charge >= 0.3 is 5.97 Å². The van der Waals surface area contributed by atoms with Crippen molar-refractivity contribution in [1.82, 2.24) is 0 Å². The number of carbonyl (C=O) groups is 2. The van der Waals surface area contributed by atoms with Gasteiger partial charge in [0.2, 0.25) is 0 Å². The number of ketones is 1. The van der Waals surface area contributed by atoms with E-state index in [9.17, 15) is 19.1 Å². The number of aromatic hydroxyl groups is 1. The van der Waals surface area contributed by atoms with Gasteiger partial charge in [-0.15, -0.1) is 0 Å². The van der Waals surface area contributed by atoms with Crippen molar-refractivity contribution in [2.75, 3.05) is 0 Å². The molecule has 0 heterocycles. The van der Waals surface area contributed by atoms with E-state index >= 15 is 0 Å². The van der Waals surface area contributed by atoms with Crippen molar-refractivity contribution in [3.8, 4) is 5.75 Å². The molecule has 1 aliphatic rings. The Balaban J connectivity index is 2.53. The van der Waals surface area contributed by atoms with Crippen LogP contribution in [0.15, 0.2) is 18.2 Å². The number of carboxylic acid groups (broad SMARTS) is 1. The molecular formula is C11H9FO4. The van der Waals surface area contributed by atoms with Crippen molar-refractivity contribution in [2.24, 2.45) is 0 Å². The second kappa shape index (κ2) is 3.30. The normalized spacial score (nSPS) is 17.9. The van der Waals surface area contributed by atoms with Crippen LogP contribution in [0, 0.1) is 5.82 Å². The summed E-state index contributed by atoms with van der Waals surface area (Å²) >= 11 is 0. The molecule has 2 N–H and O–H groups in total. The summed E-state index contributed by atoms with van der Waals surface area (Å²) in [5.41, 5.74) is -1.48. The second-order valence-electron chi connectivity index (χ2n) is 3.92. The number of phenols is 1. The monoisotopic (exact) mass is 224 g/mol. The van der Waals surface area contributed by atoms with Gasteiger partial charge in [0.25, 0.3) is 0 Å². The summed E-state index contributed by atoms with van der Waals surface area (Å²) in [5.74, 6) is -2.98. The highest BCUT2D eigenvalue weighted by atomic mass is 19.1. The van der Waals surface area contributed by atoms with E-state index in [1.54, 1.807) is 0 Å². The van der Waals surface area contributed by atoms with Gasteiger partial charge in [0.15, 0.2) is 11.6 Å². The summed E-state index contributed by atoms with van der Waals surface area (Å²) in [4.78, 5) is 22.1. The van der Waals surface area contributed by atoms with Gasteiger partial charge < -0.3 is 10.2 Å². The first-order valence-electron chi connectivity index (χ1n) is 4.70. The summed E-state index contributed by atoms with van der Waals surface area (Å²) < 4.78 is 13.1. The van der Waals surface area contributed by atoms with E-state index in [1.165, 1.54) is 12.1 Å². The number of benzene rings is 1. The molecule has 1 aliphatic carbocycles. The standard InChI is InChI=1S/C11H9FO4/c12-8-3-1-2-7(9(8)14)11(10(15)16)4-6(13)5-11/h1-3,14H,4-5H2,(H,15,16). The van der Waals surface area contributed by atoms with Crippen molar-refractivity contribution < 1.29 is 24.2 Å². The number of halogens is 1. The minimum absolute atomic E-state index is 0.0281. The topological polar surface area (TPSA) is 74.6 Å². The van der Waals surface area contributed by atoms with E-state index in [2.05, 4.69) is 0 Å². The zero-order valence-corrected chi connectivity index (χ0v) is 8.24. The van der Waals surface area contributed by atoms with Crippen LogP contribution in [0.1, 0.15) is 18.4 Å². The van der Waals surface area contributed by atoms with Crippen LogP contribution in [0.4, 0.5) is 4.39 Å². The van der Waals surface area contributed by atoms with Crippen LogP contribution in [0.25, 0.3) is 0 Å². The van der Waals surface area contributed by atoms with Gasteiger partial charge in [-0.2, -0.15) is 0 Å². The molecule has 5 heteroatoms. The molecule has 0 atom stereocenters. The fourth-order valence-electron chi connectivity index (χ4n) is 1.98. The predicted molar refractivity (Wildman–Crippen MR) is 51.6 cm³/mol. The first-order valence-corrected chi connectivity index (χ1v) is 4.70. The maximum Gasteiger partial charge on any atom is 0.315 e. The fraction of sp³-hybridized carbons (Fsp3) is 0.273. The molecule has 1 aromatic carbocycles. The molecular weight excluding hydrogens is 215 g/mol. The Labute approximate surface area is 90.3 Å². The van der Waals surface area contributed by atoms with Crippen LogP contribution in [-0.4, -0.2) is 22.0 Å². The number of phenolic OH excluding ortho intramolecular Hbond substituents is 1. The number of carbonyl (C=O) groups excluding carboxylic acids is 1. The lowest BCUT2D eigenvalue weighted by Crippen LogP contribution is -2.48. The predicted octanol–water partition coefficient (Wildman–Crippen LogP) is 1.22. The second-order valence-corrected chi connectivity index (χ2v) is 3.92. The number of aliphatic carboxylic acids is 1. The lowest BCUT2D eigenvalue weighted by Gasteiger charge is -2.36. The van der Waals surface area contributed by atoms with Gasteiger partial charge in [0.05, 0.1) is 0 Å². The maximum absolute atomic E-state index is 13.1. The van der Waals surface area contributed by atoms with Gasteiger partial charge in [0.1, 0.15) is 11.2 Å². The van der Waals surface area contributed by atoms with Crippen LogP contribution in [0.2, 0.25) is 0 Å². The molecule has 0 unspecified atom stereocenters. The smallest absolute Gasteiger partial charge is 0.315 e. The third-order valence-corrected chi connectivity index (χ3v) is 2.91. The van der Waals surface area contributed by atoms with Crippen LogP contribution in [0.5, 0.6) is 5.75 Å². The molecule has 0 spiro atoms. The summed E-state index contributed by atoms with van der Waals surface area (Å²) in [6.07, 6.45) is -0.390. The van der Waals surface area contributed by atoms with Crippen molar-refractivity contribution >= 4 is 11.8 Å². The Kier molecular flexibility index (Phi) is 2.18. The van der Waals surface area contributed by atoms with Crippen LogP contribution in [0.3, 0.4) is 0 Å². The van der Waals surface area contributed by atoms with Crippen molar-refractivity contribution in [3.63, 3.8) is 0 Å². The van der Waals surface area contributed by atoms with E-state index in [1.807, 2.05) is 0 Å². The van der Waals surface area contributed by atoms with Crippen molar-refractivity contribution in [2.45, 2.75) is 18.3 Å². The Bertz CT molecular complexity index is 473. The van der Waals surface area contributed by atoms with Crippen molar-refractivity contribution in [3.05, 3.63) is 29.6 Å². The van der Waals surface area contributed by atoms with Gasteiger partial charge in [-0.05, 0) is 6.07 Å². The summed E-state index contributed by atoms with van der Waals surface area (Å²) in [6.45, 7) is 0. The number of rotatable bonds is 2. The lowest BCUT2D eigenvalue weighted by molar-refractivity contribution is -0.153. The molecule has 84 valence electrons. The average molecular weight is 224 g/mol. The van der Waals surface area contributed by atoms with E-state index in [0.717, 1.165) is 6.07 Å². The Morgan fingerprint density at radius 1 is 1.38 bits per heavy atom. The highest BCUT2D eigenvalue weighted by molar-refractivity contribution is 6.01. The van der Waals surface area contributed by atoms with E-state index in [4.69, 9.17) is 5.11 Å². The number of carboxylic acids is 1. The maximum atomic E-state index is 13.1. The van der Waals surface area contributed by atoms with Gasteiger partial charge in [-0.3, -0.25) is 9.59 Å². The molecule has 4 nitrogen and oxygen atoms in total. The van der Waals surface area contributed by atoms with E-state index in [-0.39, 0.29) is 24.2 Å². The largest absolute Gasteiger partial charge is 0.505 e. The lowest BCUT2D eigenvalue weighted by atomic mass is 9.63. The minimum Gasteiger partial charge on any atom is -0.505 e. The molecule has 0 amide bonds. The summed E-state index contributed by atoms with van der Waals surface area (Å²) in [7, 11) is 0. The highest BCUT2D eigenvalue weighted by Gasteiger charge is 2.53. The zero-order valence-electron chi connectivity index (χ0n) is 8.24. The molecule has 1 fully saturated rings. The Morgan fingerprint density at radius 2 is 2.00 bits per heavy atom. The molecule has 16 heavy (non-hydrogen) atoms. The van der Waals surface area contributed by atoms with E-state index < -0.39 is 23.0 Å². The van der Waals surface area contributed by atoms with Gasteiger partial charge in [0, 0.05) is 18.4 Å². The average Bonchev–Trinajstić information content (AvgIpc) is 2.17. The van der Waals surface area contributed by atoms with Gasteiger partial charge in [-0.25, -0.2) is 4.39 Å². The van der Waals surface area contributed by atoms with E-state index in [0.29, 0.717) is 0 Å². The van der Waals surface area contributed by atoms with Crippen molar-refractivity contribution in [1.29, 1.82) is 0 Å². The first-order chi connectivity index (χ1) is 7.47. The Morgan fingerprint density at radius 3 is 2.50 bits per heavy atom. The van der Waals surface area contributed by atoms with Crippen LogP contribution >= 0.6 is 0 Å². The van der Waals surface area contributed by atoms with Crippen LogP contribution in [-0.2, 0) is 15.0 Å². The molecule has 0 aliphatic heterocycles.